The van der Waals surface area contributed by atoms with Gasteiger partial charge in [0.15, 0.2) is 5.82 Å². The van der Waals surface area contributed by atoms with Crippen molar-refractivity contribution >= 4 is 17.2 Å². The van der Waals surface area contributed by atoms with Crippen LogP contribution >= 0.6 is 11.3 Å². The number of hydrogen-bond acceptors (Lipinski definition) is 5. The molecule has 0 fully saturated rings. The molecule has 1 unspecified atom stereocenters. The molecule has 2 heterocycles. The predicted octanol–water partition coefficient (Wildman–Crippen LogP) is 2.30. The van der Waals surface area contributed by atoms with Gasteiger partial charge >= 0.3 is 0 Å². The first-order chi connectivity index (χ1) is 8.58. The normalized spacial score (nSPS) is 12.4. The number of rotatable bonds is 4. The minimum absolute atomic E-state index is 0.121. The van der Waals surface area contributed by atoms with Crippen molar-refractivity contribution in [3.05, 3.63) is 29.1 Å². The van der Waals surface area contributed by atoms with Crippen LogP contribution < -0.4 is 10.6 Å². The molecule has 1 atom stereocenters. The van der Waals surface area contributed by atoms with Crippen LogP contribution in [0.15, 0.2) is 23.6 Å². The van der Waals surface area contributed by atoms with Crippen molar-refractivity contribution in [2.75, 3.05) is 18.5 Å². The van der Waals surface area contributed by atoms with Crippen molar-refractivity contribution in [3.8, 4) is 10.6 Å². The minimum Gasteiger partial charge on any atom is -0.357 e. The Hall–Kier alpha value is -1.46. The fourth-order valence-corrected chi connectivity index (χ4v) is 2.70. The molecule has 0 aliphatic rings. The van der Waals surface area contributed by atoms with Crippen molar-refractivity contribution < 1.29 is 0 Å². The van der Waals surface area contributed by atoms with Crippen LogP contribution in [0.3, 0.4) is 0 Å². The zero-order valence-electron chi connectivity index (χ0n) is 10.9. The van der Waals surface area contributed by atoms with Gasteiger partial charge in [0, 0.05) is 19.6 Å². The quantitative estimate of drug-likeness (QED) is 0.918. The Morgan fingerprint density at radius 3 is 2.61 bits per heavy atom. The third-order valence-electron chi connectivity index (χ3n) is 2.70. The van der Waals surface area contributed by atoms with Crippen LogP contribution in [0.25, 0.3) is 10.6 Å². The van der Waals surface area contributed by atoms with Crippen molar-refractivity contribution in [1.82, 2.24) is 10.2 Å². The number of anilines is 1. The van der Waals surface area contributed by atoms with Crippen molar-refractivity contribution in [3.63, 3.8) is 0 Å². The Balaban J connectivity index is 2.18. The predicted molar refractivity (Wildman–Crippen MR) is 77.0 cm³/mol. The van der Waals surface area contributed by atoms with E-state index in [0.717, 1.165) is 18.1 Å². The molecule has 5 heteroatoms. The zero-order chi connectivity index (χ0) is 13.1. The zero-order valence-corrected chi connectivity index (χ0v) is 11.7. The topological polar surface area (TPSA) is 55.0 Å². The van der Waals surface area contributed by atoms with E-state index in [0.29, 0.717) is 0 Å². The number of nitrogens with two attached hydrogens (primary N) is 1. The van der Waals surface area contributed by atoms with Gasteiger partial charge in [0.1, 0.15) is 5.69 Å². The maximum atomic E-state index is 5.77. The van der Waals surface area contributed by atoms with Crippen LogP contribution in [0.1, 0.15) is 12.5 Å². The van der Waals surface area contributed by atoms with E-state index in [9.17, 15) is 0 Å². The Morgan fingerprint density at radius 2 is 2.11 bits per heavy atom. The van der Waals surface area contributed by atoms with Gasteiger partial charge in [-0.2, -0.15) is 0 Å². The van der Waals surface area contributed by atoms with Gasteiger partial charge in [0.25, 0.3) is 0 Å². The van der Waals surface area contributed by atoms with Crippen LogP contribution in [0.2, 0.25) is 0 Å². The number of aryl methyl sites for hydroxylation is 1. The Labute approximate surface area is 111 Å². The lowest BCUT2D eigenvalue weighted by Gasteiger charge is -2.19. The SMILES string of the molecule is Cc1ccsc1-c1ccc(N(C)CC(C)N)nn1. The van der Waals surface area contributed by atoms with E-state index >= 15 is 0 Å². The molecule has 2 aromatic rings. The first kappa shape index (κ1) is 13.0. The van der Waals surface area contributed by atoms with E-state index in [1.807, 2.05) is 31.0 Å². The summed E-state index contributed by atoms with van der Waals surface area (Å²) >= 11 is 1.69. The van der Waals surface area contributed by atoms with E-state index in [-0.39, 0.29) is 6.04 Å². The summed E-state index contributed by atoms with van der Waals surface area (Å²) in [5.41, 5.74) is 7.94. The molecule has 2 aromatic heterocycles. The molecule has 0 saturated heterocycles. The van der Waals surface area contributed by atoms with Gasteiger partial charge in [0.2, 0.25) is 0 Å². The number of thiophene rings is 1. The molecule has 0 bridgehead atoms. The number of likely N-dealkylation sites (N-methyl/N-ethyl adjacent to an activating group) is 1. The Kier molecular flexibility index (Phi) is 3.93. The van der Waals surface area contributed by atoms with E-state index < -0.39 is 0 Å². The largest absolute Gasteiger partial charge is 0.357 e. The Bertz CT molecular complexity index is 504. The second-order valence-electron chi connectivity index (χ2n) is 4.57. The van der Waals surface area contributed by atoms with Crippen LogP contribution in [0, 0.1) is 6.92 Å². The van der Waals surface area contributed by atoms with E-state index in [4.69, 9.17) is 5.73 Å². The molecule has 0 aromatic carbocycles. The Morgan fingerprint density at radius 1 is 1.33 bits per heavy atom. The summed E-state index contributed by atoms with van der Waals surface area (Å²) < 4.78 is 0. The second-order valence-corrected chi connectivity index (χ2v) is 5.48. The molecule has 0 radical (unpaired) electrons. The van der Waals surface area contributed by atoms with Crippen LogP contribution in [-0.4, -0.2) is 29.8 Å². The van der Waals surface area contributed by atoms with E-state index in [1.165, 1.54) is 10.4 Å². The van der Waals surface area contributed by atoms with Crippen LogP contribution in [-0.2, 0) is 0 Å². The molecule has 0 spiro atoms. The lowest BCUT2D eigenvalue weighted by atomic mass is 10.2. The molecule has 0 saturated carbocycles. The lowest BCUT2D eigenvalue weighted by molar-refractivity contribution is 0.708. The molecule has 2 rings (SSSR count). The van der Waals surface area contributed by atoms with E-state index in [2.05, 4.69) is 28.6 Å². The monoisotopic (exact) mass is 262 g/mol. The average Bonchev–Trinajstić information content (AvgIpc) is 2.75. The fraction of sp³-hybridized carbons (Fsp3) is 0.385. The van der Waals surface area contributed by atoms with Crippen molar-refractivity contribution in [2.45, 2.75) is 19.9 Å². The summed E-state index contributed by atoms with van der Waals surface area (Å²) in [7, 11) is 1.98. The maximum Gasteiger partial charge on any atom is 0.151 e. The molecule has 96 valence electrons. The number of hydrogen-bond donors (Lipinski definition) is 1. The highest BCUT2D eigenvalue weighted by molar-refractivity contribution is 7.13. The summed E-state index contributed by atoms with van der Waals surface area (Å²) in [4.78, 5) is 3.20. The van der Waals surface area contributed by atoms with Gasteiger partial charge in [0.05, 0.1) is 4.88 Å². The summed E-state index contributed by atoms with van der Waals surface area (Å²) in [6.45, 7) is 4.84. The highest BCUT2D eigenvalue weighted by Crippen LogP contribution is 2.27. The fourth-order valence-electron chi connectivity index (χ4n) is 1.81. The standard InChI is InChI=1S/C13H18N4S/c1-9-6-7-18-13(9)11-4-5-12(16-15-11)17(3)8-10(2)14/h4-7,10H,8,14H2,1-3H3. The summed E-state index contributed by atoms with van der Waals surface area (Å²) in [5.74, 6) is 0.852. The minimum atomic E-state index is 0.121. The molecule has 18 heavy (non-hydrogen) atoms. The molecule has 0 aliphatic carbocycles. The molecular weight excluding hydrogens is 244 g/mol. The first-order valence-electron chi connectivity index (χ1n) is 5.93. The third-order valence-corrected chi connectivity index (χ3v) is 3.74. The number of aromatic nitrogens is 2. The maximum absolute atomic E-state index is 5.77. The van der Waals surface area contributed by atoms with Crippen molar-refractivity contribution in [2.24, 2.45) is 5.73 Å². The highest BCUT2D eigenvalue weighted by Gasteiger charge is 2.08. The summed E-state index contributed by atoms with van der Waals surface area (Å²) in [5, 5.41) is 10.6. The van der Waals surface area contributed by atoms with Crippen molar-refractivity contribution in [1.29, 1.82) is 0 Å². The third kappa shape index (κ3) is 2.86. The van der Waals surface area contributed by atoms with Gasteiger partial charge in [-0.25, -0.2) is 0 Å². The summed E-state index contributed by atoms with van der Waals surface area (Å²) in [6, 6.07) is 6.22. The lowest BCUT2D eigenvalue weighted by Crippen LogP contribution is -2.33. The van der Waals surface area contributed by atoms with Crippen LogP contribution in [0.4, 0.5) is 5.82 Å². The second kappa shape index (κ2) is 5.46. The molecule has 0 amide bonds. The summed E-state index contributed by atoms with van der Waals surface area (Å²) in [6.07, 6.45) is 0. The van der Waals surface area contributed by atoms with E-state index in [1.54, 1.807) is 11.3 Å². The smallest absolute Gasteiger partial charge is 0.151 e. The molecular formula is C13H18N4S. The molecule has 4 nitrogen and oxygen atoms in total. The van der Waals surface area contributed by atoms with Gasteiger partial charge in [-0.3, -0.25) is 0 Å². The van der Waals surface area contributed by atoms with Crippen LogP contribution in [0.5, 0.6) is 0 Å². The molecule has 0 aliphatic heterocycles. The molecule has 2 N–H and O–H groups in total. The highest BCUT2D eigenvalue weighted by atomic mass is 32.1. The van der Waals surface area contributed by atoms with Gasteiger partial charge in [-0.15, -0.1) is 21.5 Å². The first-order valence-corrected chi connectivity index (χ1v) is 6.81. The average molecular weight is 262 g/mol. The number of nitrogens with zero attached hydrogens (tertiary/aromatic N) is 3. The van der Waals surface area contributed by atoms with Gasteiger partial charge < -0.3 is 10.6 Å². The van der Waals surface area contributed by atoms with Gasteiger partial charge in [-0.05, 0) is 43.0 Å². The van der Waals surface area contributed by atoms with Gasteiger partial charge in [-0.1, -0.05) is 0 Å².